The van der Waals surface area contributed by atoms with Gasteiger partial charge in [0.25, 0.3) is 0 Å². The van der Waals surface area contributed by atoms with Crippen molar-refractivity contribution < 1.29 is 23.8 Å². The van der Waals surface area contributed by atoms with E-state index < -0.39 is 11.9 Å². The fourth-order valence-corrected chi connectivity index (χ4v) is 5.01. The molecule has 0 saturated heterocycles. The Hall–Kier alpha value is -2.81. The van der Waals surface area contributed by atoms with Crippen LogP contribution in [0.25, 0.3) is 5.70 Å². The van der Waals surface area contributed by atoms with Crippen LogP contribution in [0.3, 0.4) is 0 Å². The van der Waals surface area contributed by atoms with Crippen LogP contribution in [-0.2, 0) is 9.53 Å². The number of hydrogen-bond acceptors (Lipinski definition) is 6. The molecule has 1 heterocycles. The SMILES string of the molecule is CCOc1c(I)cc([C@H]2C(C(=O)OC)=C(C)NC3=C2C(=O)c2ccccc23)cc1OC. The summed E-state index contributed by atoms with van der Waals surface area (Å²) in [6.07, 6.45) is 0. The molecule has 1 atom stereocenters. The van der Waals surface area contributed by atoms with Crippen LogP contribution in [0, 0.1) is 3.57 Å². The third-order valence-electron chi connectivity index (χ3n) is 5.53. The average molecular weight is 531 g/mol. The Morgan fingerprint density at radius 2 is 1.87 bits per heavy atom. The second kappa shape index (κ2) is 8.37. The Kier molecular flexibility index (Phi) is 5.79. The summed E-state index contributed by atoms with van der Waals surface area (Å²) < 4.78 is 17.3. The second-order valence-corrected chi connectivity index (χ2v) is 8.38. The van der Waals surface area contributed by atoms with Gasteiger partial charge < -0.3 is 19.5 Å². The second-order valence-electron chi connectivity index (χ2n) is 7.22. The maximum absolute atomic E-state index is 13.5. The van der Waals surface area contributed by atoms with Crippen LogP contribution < -0.4 is 14.8 Å². The summed E-state index contributed by atoms with van der Waals surface area (Å²) in [6.45, 7) is 4.23. The highest BCUT2D eigenvalue weighted by molar-refractivity contribution is 14.1. The lowest BCUT2D eigenvalue weighted by atomic mass is 9.79. The molecule has 7 heteroatoms. The molecular formula is C24H22INO5. The number of carbonyl (C=O) groups excluding carboxylic acids is 2. The number of nitrogens with one attached hydrogen (secondary N) is 1. The van der Waals surface area contributed by atoms with Gasteiger partial charge in [0.05, 0.1) is 35.7 Å². The van der Waals surface area contributed by atoms with Crippen LogP contribution in [0.5, 0.6) is 11.5 Å². The molecule has 0 radical (unpaired) electrons. The zero-order chi connectivity index (χ0) is 22.3. The molecule has 2 aromatic rings. The van der Waals surface area contributed by atoms with Gasteiger partial charge in [-0.15, -0.1) is 0 Å². The molecule has 1 N–H and O–H groups in total. The lowest BCUT2D eigenvalue weighted by Gasteiger charge is -2.29. The first-order chi connectivity index (χ1) is 14.9. The van der Waals surface area contributed by atoms with E-state index in [9.17, 15) is 9.59 Å². The number of benzene rings is 2. The third kappa shape index (κ3) is 3.40. The Morgan fingerprint density at radius 1 is 1.16 bits per heavy atom. The predicted molar refractivity (Wildman–Crippen MR) is 125 cm³/mol. The van der Waals surface area contributed by atoms with E-state index in [0.717, 1.165) is 20.4 Å². The summed E-state index contributed by atoms with van der Waals surface area (Å²) in [6, 6.07) is 11.2. The van der Waals surface area contributed by atoms with Crippen LogP contribution >= 0.6 is 22.6 Å². The van der Waals surface area contributed by atoms with Gasteiger partial charge in [-0.2, -0.15) is 0 Å². The van der Waals surface area contributed by atoms with Crippen LogP contribution in [0.2, 0.25) is 0 Å². The number of hydrogen-bond donors (Lipinski definition) is 1. The van der Waals surface area contributed by atoms with Crippen molar-refractivity contribution in [3.05, 3.63) is 73.5 Å². The number of allylic oxidation sites excluding steroid dienone is 2. The molecule has 0 aromatic heterocycles. The number of rotatable bonds is 5. The molecule has 0 amide bonds. The Balaban J connectivity index is 1.96. The number of esters is 1. The first-order valence-electron chi connectivity index (χ1n) is 9.87. The first-order valence-corrected chi connectivity index (χ1v) is 10.9. The molecule has 31 heavy (non-hydrogen) atoms. The molecule has 0 fully saturated rings. The van der Waals surface area contributed by atoms with E-state index in [1.165, 1.54) is 7.11 Å². The highest BCUT2D eigenvalue weighted by Gasteiger charge is 2.43. The van der Waals surface area contributed by atoms with Gasteiger partial charge in [-0.1, -0.05) is 24.3 Å². The predicted octanol–water partition coefficient (Wildman–Crippen LogP) is 4.44. The summed E-state index contributed by atoms with van der Waals surface area (Å²) in [7, 11) is 2.92. The Bertz CT molecular complexity index is 1160. The van der Waals surface area contributed by atoms with E-state index >= 15 is 0 Å². The minimum Gasteiger partial charge on any atom is -0.493 e. The zero-order valence-corrected chi connectivity index (χ0v) is 19.8. The topological polar surface area (TPSA) is 73.9 Å². The van der Waals surface area contributed by atoms with Crippen LogP contribution in [0.1, 0.15) is 41.3 Å². The smallest absolute Gasteiger partial charge is 0.336 e. The maximum Gasteiger partial charge on any atom is 0.336 e. The number of methoxy groups -OCH3 is 2. The fraction of sp³-hybridized carbons (Fsp3) is 0.250. The lowest BCUT2D eigenvalue weighted by molar-refractivity contribution is -0.136. The minimum atomic E-state index is -0.596. The van der Waals surface area contributed by atoms with Crippen molar-refractivity contribution >= 4 is 40.0 Å². The largest absolute Gasteiger partial charge is 0.493 e. The van der Waals surface area contributed by atoms with Gasteiger partial charge in [0.1, 0.15) is 0 Å². The van der Waals surface area contributed by atoms with Crippen LogP contribution in [0.15, 0.2) is 53.2 Å². The molecule has 2 aliphatic rings. The summed E-state index contributed by atoms with van der Waals surface area (Å²) in [5.41, 5.74) is 4.56. The van der Waals surface area contributed by atoms with Gasteiger partial charge in [-0.05, 0) is 54.1 Å². The number of Topliss-reactive ketones (excluding diaryl/α,β-unsaturated/α-hetero) is 1. The van der Waals surface area contributed by atoms with E-state index in [-0.39, 0.29) is 5.78 Å². The van der Waals surface area contributed by atoms with Gasteiger partial charge >= 0.3 is 5.97 Å². The summed E-state index contributed by atoms with van der Waals surface area (Å²) >= 11 is 2.19. The maximum atomic E-state index is 13.5. The molecule has 2 aromatic carbocycles. The van der Waals surface area contributed by atoms with Gasteiger partial charge in [0.2, 0.25) is 0 Å². The van der Waals surface area contributed by atoms with Crippen molar-refractivity contribution in [1.29, 1.82) is 0 Å². The minimum absolute atomic E-state index is 0.0973. The number of carbonyl (C=O) groups is 2. The van der Waals surface area contributed by atoms with Crippen molar-refractivity contribution in [3.8, 4) is 11.5 Å². The molecule has 1 aliphatic heterocycles. The first kappa shape index (κ1) is 21.4. The van der Waals surface area contributed by atoms with E-state index in [1.807, 2.05) is 50.2 Å². The molecule has 0 saturated carbocycles. The third-order valence-corrected chi connectivity index (χ3v) is 6.33. The number of fused-ring (bicyclic) bond motifs is 2. The summed E-state index contributed by atoms with van der Waals surface area (Å²) in [5.74, 6) is 0.0165. The standard InChI is InChI=1S/C24H22INO5/c1-5-31-23-16(25)10-13(11-17(23)29-3)19-18(24(28)30-4)12(2)26-21-14-8-6-7-9-15(14)22(27)20(19)21/h6-11,19,26H,5H2,1-4H3/t19-/m0/s1. The van der Waals surface area contributed by atoms with E-state index in [0.29, 0.717) is 40.5 Å². The number of ether oxygens (including phenoxy) is 3. The van der Waals surface area contributed by atoms with Gasteiger partial charge in [0.15, 0.2) is 17.3 Å². The van der Waals surface area contributed by atoms with Crippen molar-refractivity contribution in [3.63, 3.8) is 0 Å². The average Bonchev–Trinajstić information content (AvgIpc) is 3.05. The Morgan fingerprint density at radius 3 is 2.52 bits per heavy atom. The molecule has 0 spiro atoms. The molecule has 160 valence electrons. The lowest BCUT2D eigenvalue weighted by Crippen LogP contribution is -2.29. The molecule has 4 rings (SSSR count). The van der Waals surface area contributed by atoms with Gasteiger partial charge in [0, 0.05) is 28.3 Å². The number of halogens is 1. The van der Waals surface area contributed by atoms with E-state index in [1.54, 1.807) is 7.11 Å². The van der Waals surface area contributed by atoms with Crippen LogP contribution in [-0.4, -0.2) is 32.6 Å². The molecule has 0 unspecified atom stereocenters. The Labute approximate surface area is 194 Å². The molecular weight excluding hydrogens is 509 g/mol. The van der Waals surface area contributed by atoms with Crippen molar-refractivity contribution in [2.24, 2.45) is 0 Å². The molecule has 1 aliphatic carbocycles. The zero-order valence-electron chi connectivity index (χ0n) is 17.7. The molecule has 6 nitrogen and oxygen atoms in total. The highest BCUT2D eigenvalue weighted by Crippen LogP contribution is 2.48. The van der Waals surface area contributed by atoms with Gasteiger partial charge in [-0.25, -0.2) is 4.79 Å². The molecule has 0 bridgehead atoms. The van der Waals surface area contributed by atoms with E-state index in [4.69, 9.17) is 14.2 Å². The fourth-order valence-electron chi connectivity index (χ4n) is 4.23. The summed E-state index contributed by atoms with van der Waals surface area (Å²) in [4.78, 5) is 26.3. The van der Waals surface area contributed by atoms with Crippen molar-refractivity contribution in [1.82, 2.24) is 5.32 Å². The van der Waals surface area contributed by atoms with Crippen LogP contribution in [0.4, 0.5) is 0 Å². The highest BCUT2D eigenvalue weighted by atomic mass is 127. The normalized spacial score (nSPS) is 17.2. The van der Waals surface area contributed by atoms with Crippen molar-refractivity contribution in [2.75, 3.05) is 20.8 Å². The monoisotopic (exact) mass is 531 g/mol. The summed E-state index contributed by atoms with van der Waals surface area (Å²) in [5, 5.41) is 3.28. The van der Waals surface area contributed by atoms with Crippen molar-refractivity contribution in [2.45, 2.75) is 19.8 Å². The quantitative estimate of drug-likeness (QED) is 0.455. The van der Waals surface area contributed by atoms with E-state index in [2.05, 4.69) is 27.9 Å². The van der Waals surface area contributed by atoms with Gasteiger partial charge in [-0.3, -0.25) is 4.79 Å². The number of dihydropyridines is 1. The number of ketones is 1.